The van der Waals surface area contributed by atoms with Crippen molar-refractivity contribution < 1.29 is 9.53 Å². The lowest BCUT2D eigenvalue weighted by Gasteiger charge is -2.51. The molecule has 5 rings (SSSR count). The Kier molecular flexibility index (Phi) is 6.07. The number of carbonyl (C=O) groups excluding carboxylic acids is 1. The van der Waals surface area contributed by atoms with E-state index in [0.29, 0.717) is 12.2 Å². The third kappa shape index (κ3) is 4.47. The predicted octanol–water partition coefficient (Wildman–Crippen LogP) is 4.64. The van der Waals surface area contributed by atoms with E-state index in [9.17, 15) is 4.79 Å². The van der Waals surface area contributed by atoms with Gasteiger partial charge >= 0.3 is 0 Å². The Balaban J connectivity index is 1.33. The first-order valence-electron chi connectivity index (χ1n) is 12.1. The molecule has 2 aliphatic heterocycles. The first-order valence-corrected chi connectivity index (χ1v) is 12.1. The zero-order valence-electron chi connectivity index (χ0n) is 19.4. The van der Waals surface area contributed by atoms with Crippen molar-refractivity contribution in [3.05, 3.63) is 71.8 Å². The summed E-state index contributed by atoms with van der Waals surface area (Å²) in [6, 6.07) is 20.7. The molecule has 33 heavy (non-hydrogen) atoms. The summed E-state index contributed by atoms with van der Waals surface area (Å²) >= 11 is 0. The maximum absolute atomic E-state index is 13.6. The number of hydrogen-bond acceptors (Lipinski definition) is 4. The van der Waals surface area contributed by atoms with E-state index >= 15 is 0 Å². The number of benzene rings is 2. The standard InChI is InChI=1S/C28H33N3O2/c1-20(16-23-17-22-10-5-6-11-24(22)30-26(23)29)27(32)31-14-12-25-28(19-31,13-7-15-33-25)18-21-8-3-2-4-9-21/h2-6,8-11,17,20,25H,7,12-16,18-19H2,1H3,(H2,29,30)/t20?,25-,28-/m1/s1. The number of pyridine rings is 1. The van der Waals surface area contributed by atoms with E-state index in [4.69, 9.17) is 10.5 Å². The summed E-state index contributed by atoms with van der Waals surface area (Å²) in [5, 5.41) is 1.06. The molecule has 2 saturated heterocycles. The molecule has 1 amide bonds. The monoisotopic (exact) mass is 443 g/mol. The second kappa shape index (κ2) is 9.14. The molecule has 2 fully saturated rings. The SMILES string of the molecule is CC(Cc1cc2ccccc2nc1N)C(=O)N1CC[C@H]2OCCC[C@@]2(Cc2ccccc2)C1. The zero-order valence-corrected chi connectivity index (χ0v) is 19.4. The lowest BCUT2D eigenvalue weighted by molar-refractivity contribution is -0.154. The number of para-hydroxylation sites is 1. The molecule has 0 saturated carbocycles. The van der Waals surface area contributed by atoms with Crippen molar-refractivity contribution in [3.63, 3.8) is 0 Å². The predicted molar refractivity (Wildman–Crippen MR) is 132 cm³/mol. The Morgan fingerprint density at radius 2 is 2.00 bits per heavy atom. The van der Waals surface area contributed by atoms with Gasteiger partial charge in [0.05, 0.1) is 11.6 Å². The van der Waals surface area contributed by atoms with Gasteiger partial charge in [-0.25, -0.2) is 4.98 Å². The highest BCUT2D eigenvalue weighted by molar-refractivity contribution is 5.82. The second-order valence-corrected chi connectivity index (χ2v) is 9.87. The average Bonchev–Trinajstić information content (AvgIpc) is 2.84. The van der Waals surface area contributed by atoms with Crippen LogP contribution >= 0.6 is 0 Å². The normalized spacial score (nSPS) is 23.8. The van der Waals surface area contributed by atoms with Gasteiger partial charge in [0, 0.05) is 36.4 Å². The molecule has 172 valence electrons. The number of piperidine rings is 1. The summed E-state index contributed by atoms with van der Waals surface area (Å²) in [4.78, 5) is 20.2. The molecule has 0 bridgehead atoms. The number of rotatable bonds is 5. The number of anilines is 1. The molecule has 2 aliphatic rings. The van der Waals surface area contributed by atoms with Crippen LogP contribution in [-0.4, -0.2) is 41.6 Å². The molecular formula is C28H33N3O2. The van der Waals surface area contributed by atoms with Crippen LogP contribution in [-0.2, 0) is 22.4 Å². The van der Waals surface area contributed by atoms with Crippen molar-refractivity contribution >= 4 is 22.6 Å². The van der Waals surface area contributed by atoms with Gasteiger partial charge < -0.3 is 15.4 Å². The highest BCUT2D eigenvalue weighted by Gasteiger charge is 2.47. The fourth-order valence-corrected chi connectivity index (χ4v) is 5.81. The summed E-state index contributed by atoms with van der Waals surface area (Å²) in [6.45, 7) is 4.38. The number of amides is 1. The van der Waals surface area contributed by atoms with Gasteiger partial charge in [-0.1, -0.05) is 55.5 Å². The van der Waals surface area contributed by atoms with E-state index in [-0.39, 0.29) is 23.3 Å². The number of aromatic nitrogens is 1. The lowest BCUT2D eigenvalue weighted by atomic mass is 9.68. The maximum atomic E-state index is 13.6. The smallest absolute Gasteiger partial charge is 0.225 e. The van der Waals surface area contributed by atoms with Crippen molar-refractivity contribution in [2.24, 2.45) is 11.3 Å². The van der Waals surface area contributed by atoms with Crippen LogP contribution in [0.2, 0.25) is 0 Å². The Morgan fingerprint density at radius 1 is 1.21 bits per heavy atom. The van der Waals surface area contributed by atoms with Crippen LogP contribution < -0.4 is 5.73 Å². The average molecular weight is 444 g/mol. The first-order chi connectivity index (χ1) is 16.0. The van der Waals surface area contributed by atoms with Gasteiger partial charge in [-0.3, -0.25) is 4.79 Å². The van der Waals surface area contributed by atoms with Gasteiger partial charge in [0.2, 0.25) is 5.91 Å². The van der Waals surface area contributed by atoms with Crippen LogP contribution in [0.15, 0.2) is 60.7 Å². The lowest BCUT2D eigenvalue weighted by Crippen LogP contribution is -2.57. The van der Waals surface area contributed by atoms with Gasteiger partial charge in [-0.2, -0.15) is 0 Å². The molecule has 0 radical (unpaired) electrons. The van der Waals surface area contributed by atoms with Gasteiger partial charge in [0.15, 0.2) is 0 Å². The third-order valence-electron chi connectivity index (χ3n) is 7.48. The number of hydrogen-bond donors (Lipinski definition) is 1. The van der Waals surface area contributed by atoms with Crippen LogP contribution in [0.1, 0.15) is 37.3 Å². The second-order valence-electron chi connectivity index (χ2n) is 9.87. The fourth-order valence-electron chi connectivity index (χ4n) is 5.81. The first kappa shape index (κ1) is 21.9. The summed E-state index contributed by atoms with van der Waals surface area (Å²) in [5.41, 5.74) is 9.41. The molecule has 5 nitrogen and oxygen atoms in total. The van der Waals surface area contributed by atoms with Crippen molar-refractivity contribution in [2.45, 2.75) is 45.1 Å². The van der Waals surface area contributed by atoms with Crippen molar-refractivity contribution in [2.75, 3.05) is 25.4 Å². The van der Waals surface area contributed by atoms with E-state index in [1.165, 1.54) is 5.56 Å². The Labute approximate surface area is 195 Å². The van der Waals surface area contributed by atoms with Crippen LogP contribution in [0.4, 0.5) is 5.82 Å². The number of nitrogens with two attached hydrogens (primary N) is 1. The fraction of sp³-hybridized carbons (Fsp3) is 0.429. The summed E-state index contributed by atoms with van der Waals surface area (Å²) in [5.74, 6) is 0.581. The number of fused-ring (bicyclic) bond motifs is 2. The van der Waals surface area contributed by atoms with E-state index in [2.05, 4.69) is 46.3 Å². The number of nitrogens with zero attached hydrogens (tertiary/aromatic N) is 2. The maximum Gasteiger partial charge on any atom is 0.225 e. The molecular weight excluding hydrogens is 410 g/mol. The topological polar surface area (TPSA) is 68.5 Å². The Hall–Kier alpha value is -2.92. The van der Waals surface area contributed by atoms with Crippen molar-refractivity contribution in [1.29, 1.82) is 0 Å². The molecule has 1 unspecified atom stereocenters. The van der Waals surface area contributed by atoms with E-state index in [0.717, 1.165) is 61.8 Å². The molecule has 2 N–H and O–H groups in total. The Morgan fingerprint density at radius 3 is 2.85 bits per heavy atom. The van der Waals surface area contributed by atoms with Crippen LogP contribution in [0.3, 0.4) is 0 Å². The molecule has 3 atom stereocenters. The van der Waals surface area contributed by atoms with Crippen LogP contribution in [0.25, 0.3) is 10.9 Å². The van der Waals surface area contributed by atoms with E-state index < -0.39 is 0 Å². The largest absolute Gasteiger partial charge is 0.383 e. The van der Waals surface area contributed by atoms with Crippen LogP contribution in [0, 0.1) is 11.3 Å². The molecule has 0 spiro atoms. The summed E-state index contributed by atoms with van der Waals surface area (Å²) in [7, 11) is 0. The minimum absolute atomic E-state index is 0.00321. The number of ether oxygens (including phenoxy) is 1. The number of likely N-dealkylation sites (tertiary alicyclic amines) is 1. The number of nitrogen functional groups attached to an aromatic ring is 1. The van der Waals surface area contributed by atoms with Crippen molar-refractivity contribution in [3.8, 4) is 0 Å². The highest BCUT2D eigenvalue weighted by Crippen LogP contribution is 2.43. The molecule has 3 heterocycles. The Bertz CT molecular complexity index is 1130. The van der Waals surface area contributed by atoms with Gasteiger partial charge in [-0.15, -0.1) is 0 Å². The summed E-state index contributed by atoms with van der Waals surface area (Å²) in [6.07, 6.45) is 4.85. The molecule has 1 aromatic heterocycles. The molecule has 2 aromatic carbocycles. The van der Waals surface area contributed by atoms with Crippen LogP contribution in [0.5, 0.6) is 0 Å². The van der Waals surface area contributed by atoms with E-state index in [1.807, 2.05) is 31.2 Å². The minimum Gasteiger partial charge on any atom is -0.383 e. The number of carbonyl (C=O) groups is 1. The zero-order chi connectivity index (χ0) is 22.8. The quantitative estimate of drug-likeness (QED) is 0.624. The van der Waals surface area contributed by atoms with Gasteiger partial charge in [0.25, 0.3) is 0 Å². The summed E-state index contributed by atoms with van der Waals surface area (Å²) < 4.78 is 6.24. The molecule has 5 heteroatoms. The third-order valence-corrected chi connectivity index (χ3v) is 7.48. The van der Waals surface area contributed by atoms with Gasteiger partial charge in [0.1, 0.15) is 5.82 Å². The van der Waals surface area contributed by atoms with Crippen molar-refractivity contribution in [1.82, 2.24) is 9.88 Å². The minimum atomic E-state index is -0.148. The molecule has 3 aromatic rings. The van der Waals surface area contributed by atoms with E-state index in [1.54, 1.807) is 0 Å². The van der Waals surface area contributed by atoms with Gasteiger partial charge in [-0.05, 0) is 55.4 Å². The molecule has 0 aliphatic carbocycles. The highest BCUT2D eigenvalue weighted by atomic mass is 16.5.